The minimum Gasteiger partial charge on any atom is -0.207 e. The molecule has 2 aliphatic carbocycles. The van der Waals surface area contributed by atoms with E-state index < -0.39 is 17.5 Å². The normalized spacial score (nSPS) is 27.9. The van der Waals surface area contributed by atoms with E-state index in [2.05, 4.69) is 6.92 Å². The number of aryl methyl sites for hydroxylation is 1. The Kier molecular flexibility index (Phi) is 8.50. The summed E-state index contributed by atoms with van der Waals surface area (Å²) in [4.78, 5) is 0. The van der Waals surface area contributed by atoms with Crippen LogP contribution in [0.4, 0.5) is 13.2 Å². The summed E-state index contributed by atoms with van der Waals surface area (Å²) in [5.74, 6) is -0.0463. The van der Waals surface area contributed by atoms with Crippen molar-refractivity contribution in [2.45, 2.75) is 110 Å². The van der Waals surface area contributed by atoms with Gasteiger partial charge in [-0.25, -0.2) is 13.2 Å². The average Bonchev–Trinajstić information content (AvgIpc) is 2.73. The fourth-order valence-electron chi connectivity index (χ4n) is 5.80. The number of unbranched alkanes of at least 4 members (excludes halogenated alkanes) is 2. The van der Waals surface area contributed by atoms with Crippen LogP contribution in [0.15, 0.2) is 6.07 Å². The predicted molar refractivity (Wildman–Crippen MR) is 115 cm³/mol. The molecular weight excluding hydrogens is 369 g/mol. The third-order valence-corrected chi connectivity index (χ3v) is 7.80. The van der Waals surface area contributed by atoms with Crippen LogP contribution in [0.1, 0.15) is 114 Å². The van der Waals surface area contributed by atoms with E-state index in [0.29, 0.717) is 5.92 Å². The molecule has 0 aromatic heterocycles. The van der Waals surface area contributed by atoms with Gasteiger partial charge in [0.15, 0.2) is 11.6 Å². The quantitative estimate of drug-likeness (QED) is 0.298. The molecular formula is C26H39F3. The molecule has 1 aromatic carbocycles. The van der Waals surface area contributed by atoms with Gasteiger partial charge < -0.3 is 0 Å². The molecule has 0 saturated heterocycles. The first-order chi connectivity index (χ1) is 14.0. The van der Waals surface area contributed by atoms with Gasteiger partial charge in [-0.2, -0.15) is 0 Å². The average molecular weight is 409 g/mol. The zero-order chi connectivity index (χ0) is 20.8. The zero-order valence-corrected chi connectivity index (χ0v) is 18.4. The Hall–Kier alpha value is -0.990. The Balaban J connectivity index is 1.40. The molecule has 0 amide bonds. The molecule has 29 heavy (non-hydrogen) atoms. The van der Waals surface area contributed by atoms with Crippen molar-refractivity contribution in [2.24, 2.45) is 17.8 Å². The summed E-state index contributed by atoms with van der Waals surface area (Å²) < 4.78 is 42.5. The molecule has 0 unspecified atom stereocenters. The minimum atomic E-state index is -0.957. The van der Waals surface area contributed by atoms with E-state index in [1.807, 2.05) is 0 Å². The second-order valence-corrected chi connectivity index (χ2v) is 9.89. The molecule has 3 rings (SSSR count). The van der Waals surface area contributed by atoms with Crippen LogP contribution in [-0.4, -0.2) is 0 Å². The summed E-state index contributed by atoms with van der Waals surface area (Å²) >= 11 is 0. The molecule has 2 saturated carbocycles. The van der Waals surface area contributed by atoms with E-state index >= 15 is 0 Å². The van der Waals surface area contributed by atoms with Gasteiger partial charge in [0.2, 0.25) is 0 Å². The third kappa shape index (κ3) is 6.01. The first-order valence-electron chi connectivity index (χ1n) is 12.1. The summed E-state index contributed by atoms with van der Waals surface area (Å²) in [5.41, 5.74) is 0.0467. The van der Waals surface area contributed by atoms with Gasteiger partial charge in [-0.1, -0.05) is 71.1 Å². The van der Waals surface area contributed by atoms with Gasteiger partial charge in [0, 0.05) is 5.56 Å². The van der Waals surface area contributed by atoms with Crippen LogP contribution in [0.5, 0.6) is 0 Å². The van der Waals surface area contributed by atoms with Gasteiger partial charge in [0.25, 0.3) is 0 Å². The van der Waals surface area contributed by atoms with Crippen LogP contribution >= 0.6 is 0 Å². The highest BCUT2D eigenvalue weighted by Crippen LogP contribution is 2.42. The number of hydrogen-bond acceptors (Lipinski definition) is 0. The van der Waals surface area contributed by atoms with Crippen LogP contribution in [0.25, 0.3) is 0 Å². The monoisotopic (exact) mass is 408 g/mol. The van der Waals surface area contributed by atoms with Gasteiger partial charge in [-0.15, -0.1) is 0 Å². The molecule has 0 spiro atoms. The summed E-state index contributed by atoms with van der Waals surface area (Å²) in [6, 6.07) is 1.15. The van der Waals surface area contributed by atoms with Crippen molar-refractivity contribution < 1.29 is 13.2 Å². The molecule has 0 aliphatic heterocycles. The van der Waals surface area contributed by atoms with Crippen molar-refractivity contribution in [1.82, 2.24) is 0 Å². The Morgan fingerprint density at radius 1 is 0.724 bits per heavy atom. The van der Waals surface area contributed by atoms with Crippen LogP contribution in [0.2, 0.25) is 0 Å². The molecule has 0 heterocycles. The maximum Gasteiger partial charge on any atom is 0.165 e. The van der Waals surface area contributed by atoms with E-state index in [1.165, 1.54) is 71.1 Å². The largest absolute Gasteiger partial charge is 0.207 e. The zero-order valence-electron chi connectivity index (χ0n) is 18.4. The first-order valence-corrected chi connectivity index (χ1v) is 12.1. The highest BCUT2D eigenvalue weighted by atomic mass is 19.2. The second-order valence-electron chi connectivity index (χ2n) is 9.89. The van der Waals surface area contributed by atoms with E-state index in [1.54, 1.807) is 0 Å². The Morgan fingerprint density at radius 3 is 1.79 bits per heavy atom. The van der Waals surface area contributed by atoms with E-state index in [-0.39, 0.29) is 17.0 Å². The van der Waals surface area contributed by atoms with Crippen molar-refractivity contribution in [3.63, 3.8) is 0 Å². The Morgan fingerprint density at radius 2 is 1.24 bits per heavy atom. The number of hydrogen-bond donors (Lipinski definition) is 0. The van der Waals surface area contributed by atoms with Gasteiger partial charge in [-0.05, 0) is 67.9 Å². The number of halogens is 3. The number of rotatable bonds is 8. The standard InChI is InChI=1S/C26H39F3/c1-3-4-5-6-19-7-9-20(10-8-19)11-12-21-13-15-22(16-14-21)24-23(27)17-18(2)25(28)26(24)29/h17,19-22H,3-16H2,1-2H3/t19-,20-,21-,22-. The fourth-order valence-corrected chi connectivity index (χ4v) is 5.80. The number of benzene rings is 1. The van der Waals surface area contributed by atoms with Crippen molar-refractivity contribution in [3.05, 3.63) is 34.6 Å². The summed E-state index contributed by atoms with van der Waals surface area (Å²) in [7, 11) is 0. The topological polar surface area (TPSA) is 0 Å². The summed E-state index contributed by atoms with van der Waals surface area (Å²) in [5, 5.41) is 0. The molecule has 2 aliphatic rings. The van der Waals surface area contributed by atoms with Crippen molar-refractivity contribution in [3.8, 4) is 0 Å². The Bertz CT molecular complexity index is 638. The van der Waals surface area contributed by atoms with Crippen LogP contribution in [0, 0.1) is 42.1 Å². The van der Waals surface area contributed by atoms with Gasteiger partial charge >= 0.3 is 0 Å². The highest BCUT2D eigenvalue weighted by molar-refractivity contribution is 5.30. The predicted octanol–water partition coefficient (Wildman–Crippen LogP) is 8.85. The van der Waals surface area contributed by atoms with Crippen LogP contribution in [-0.2, 0) is 0 Å². The molecule has 164 valence electrons. The van der Waals surface area contributed by atoms with E-state index in [0.717, 1.165) is 43.6 Å². The van der Waals surface area contributed by atoms with E-state index in [4.69, 9.17) is 0 Å². The summed E-state index contributed by atoms with van der Waals surface area (Å²) in [6.07, 6.45) is 17.3. The lowest BCUT2D eigenvalue weighted by Gasteiger charge is -2.32. The maximum absolute atomic E-state index is 14.3. The molecule has 0 atom stereocenters. The molecule has 3 heteroatoms. The maximum atomic E-state index is 14.3. The first kappa shape index (κ1) is 22.7. The van der Waals surface area contributed by atoms with Crippen LogP contribution < -0.4 is 0 Å². The molecule has 2 fully saturated rings. The molecule has 0 nitrogen and oxygen atoms in total. The van der Waals surface area contributed by atoms with Crippen molar-refractivity contribution in [1.29, 1.82) is 0 Å². The van der Waals surface area contributed by atoms with Gasteiger partial charge in [0.05, 0.1) is 0 Å². The lowest BCUT2D eigenvalue weighted by molar-refractivity contribution is 0.221. The molecule has 0 N–H and O–H groups in total. The second kappa shape index (κ2) is 10.9. The minimum absolute atomic E-state index is 0.00653. The molecule has 0 radical (unpaired) electrons. The highest BCUT2D eigenvalue weighted by Gasteiger charge is 2.29. The molecule has 0 bridgehead atoms. The smallest absolute Gasteiger partial charge is 0.165 e. The molecule has 1 aromatic rings. The van der Waals surface area contributed by atoms with Crippen LogP contribution in [0.3, 0.4) is 0 Å². The van der Waals surface area contributed by atoms with Gasteiger partial charge in [-0.3, -0.25) is 0 Å². The lowest BCUT2D eigenvalue weighted by atomic mass is 9.73. The van der Waals surface area contributed by atoms with Gasteiger partial charge in [0.1, 0.15) is 5.82 Å². The summed E-state index contributed by atoms with van der Waals surface area (Å²) in [6.45, 7) is 3.69. The SMILES string of the molecule is CCCCC[C@H]1CC[C@H](CC[C@H]2CC[C@H](c3c(F)cc(C)c(F)c3F)CC2)CC1. The Labute approximate surface area is 175 Å². The lowest BCUT2D eigenvalue weighted by Crippen LogP contribution is -2.19. The van der Waals surface area contributed by atoms with Crippen molar-refractivity contribution >= 4 is 0 Å². The fraction of sp³-hybridized carbons (Fsp3) is 0.769. The van der Waals surface area contributed by atoms with Crippen molar-refractivity contribution in [2.75, 3.05) is 0 Å². The third-order valence-electron chi connectivity index (χ3n) is 7.80. The van der Waals surface area contributed by atoms with E-state index in [9.17, 15) is 13.2 Å².